The van der Waals surface area contributed by atoms with Gasteiger partial charge < -0.3 is 9.64 Å². The summed E-state index contributed by atoms with van der Waals surface area (Å²) in [5.74, 6) is -2.89. The molecule has 126 valence electrons. The molecule has 1 unspecified atom stereocenters. The lowest BCUT2D eigenvalue weighted by Crippen LogP contribution is -2.58. The first-order valence-corrected chi connectivity index (χ1v) is 7.73. The number of halogens is 2. The molecule has 24 heavy (non-hydrogen) atoms. The molecule has 0 spiro atoms. The van der Waals surface area contributed by atoms with Crippen LogP contribution in [-0.2, 0) is 11.3 Å². The number of likely N-dealkylation sites (tertiary alicyclic amines) is 1. The number of alkyl halides is 2. The van der Waals surface area contributed by atoms with Crippen molar-refractivity contribution in [3.05, 3.63) is 47.0 Å². The molecule has 1 amide bonds. The third-order valence-corrected chi connectivity index (χ3v) is 4.32. The molecule has 1 aromatic heterocycles. The number of aromatic nitrogens is 3. The average Bonchev–Trinajstić information content (AvgIpc) is 2.96. The summed E-state index contributed by atoms with van der Waals surface area (Å²) in [5.41, 5.74) is 2.01. The summed E-state index contributed by atoms with van der Waals surface area (Å²) < 4.78 is 33.4. The molecule has 0 N–H and O–H groups in total. The first-order chi connectivity index (χ1) is 11.4. The van der Waals surface area contributed by atoms with Crippen LogP contribution in [0.25, 0.3) is 0 Å². The number of fused-ring (bicyclic) bond motifs is 1. The number of hydrogen-bond donors (Lipinski definition) is 0. The zero-order valence-electron chi connectivity index (χ0n) is 13.1. The Labute approximate surface area is 137 Å². The number of nitrogens with zero attached hydrogens (tertiary/aromatic N) is 4. The van der Waals surface area contributed by atoms with Gasteiger partial charge in [0.25, 0.3) is 11.8 Å². The molecule has 2 aliphatic heterocycles. The highest BCUT2D eigenvalue weighted by Gasteiger charge is 2.47. The maximum atomic E-state index is 13.0. The van der Waals surface area contributed by atoms with Crippen LogP contribution in [0.3, 0.4) is 0 Å². The standard InChI is InChI=1S/C16H16F2N4O2/c1-10-4-2-3-5-11(10)12-14-19-13(20-22(14)6-7-24-12)15(23)21-8-16(17,18)9-21/h2-5,12H,6-9H2,1H3. The lowest BCUT2D eigenvalue weighted by atomic mass is 10.0. The molecule has 1 fully saturated rings. The summed E-state index contributed by atoms with van der Waals surface area (Å²) >= 11 is 0. The van der Waals surface area contributed by atoms with Gasteiger partial charge in [-0.1, -0.05) is 24.3 Å². The minimum absolute atomic E-state index is 0.0513. The summed E-state index contributed by atoms with van der Waals surface area (Å²) in [5, 5.41) is 4.20. The van der Waals surface area contributed by atoms with Gasteiger partial charge in [-0.25, -0.2) is 18.4 Å². The van der Waals surface area contributed by atoms with E-state index in [9.17, 15) is 13.6 Å². The number of benzene rings is 1. The predicted molar refractivity (Wildman–Crippen MR) is 79.8 cm³/mol. The molecule has 2 aromatic rings. The summed E-state index contributed by atoms with van der Waals surface area (Å²) in [6.07, 6.45) is -0.410. The number of aryl methyl sites for hydroxylation is 1. The van der Waals surface area contributed by atoms with Crippen LogP contribution in [0.5, 0.6) is 0 Å². The van der Waals surface area contributed by atoms with E-state index in [2.05, 4.69) is 10.1 Å². The van der Waals surface area contributed by atoms with Crippen LogP contribution in [0.15, 0.2) is 24.3 Å². The van der Waals surface area contributed by atoms with Crippen molar-refractivity contribution < 1.29 is 18.3 Å². The van der Waals surface area contributed by atoms with E-state index in [1.807, 2.05) is 31.2 Å². The first kappa shape index (κ1) is 15.2. The van der Waals surface area contributed by atoms with Crippen LogP contribution in [0, 0.1) is 6.92 Å². The number of hydrogen-bond acceptors (Lipinski definition) is 4. The number of carbonyl (C=O) groups excluding carboxylic acids is 1. The Hall–Kier alpha value is -2.35. The second-order valence-corrected chi connectivity index (χ2v) is 6.14. The van der Waals surface area contributed by atoms with E-state index in [1.165, 1.54) is 0 Å². The molecule has 1 atom stereocenters. The maximum absolute atomic E-state index is 13.0. The Morgan fingerprint density at radius 1 is 1.33 bits per heavy atom. The highest BCUT2D eigenvalue weighted by molar-refractivity contribution is 5.91. The van der Waals surface area contributed by atoms with E-state index in [-0.39, 0.29) is 5.82 Å². The number of amides is 1. The minimum atomic E-state index is -2.80. The molecular weight excluding hydrogens is 318 g/mol. The third kappa shape index (κ3) is 2.47. The largest absolute Gasteiger partial charge is 0.364 e. The van der Waals surface area contributed by atoms with Gasteiger partial charge in [0.1, 0.15) is 6.10 Å². The fourth-order valence-electron chi connectivity index (χ4n) is 3.04. The van der Waals surface area contributed by atoms with E-state index >= 15 is 0 Å². The normalized spacial score (nSPS) is 22.0. The van der Waals surface area contributed by atoms with Crippen LogP contribution in [-0.4, -0.2) is 51.2 Å². The van der Waals surface area contributed by atoms with Crippen LogP contribution in [0.2, 0.25) is 0 Å². The number of ether oxygens (including phenoxy) is 1. The van der Waals surface area contributed by atoms with Gasteiger partial charge in [-0.2, -0.15) is 0 Å². The second kappa shape index (κ2) is 5.34. The molecule has 0 saturated carbocycles. The highest BCUT2D eigenvalue weighted by Crippen LogP contribution is 2.31. The molecule has 0 aliphatic carbocycles. The highest BCUT2D eigenvalue weighted by atomic mass is 19.3. The monoisotopic (exact) mass is 334 g/mol. The van der Waals surface area contributed by atoms with E-state index < -0.39 is 31.0 Å². The van der Waals surface area contributed by atoms with Crippen LogP contribution >= 0.6 is 0 Å². The van der Waals surface area contributed by atoms with Gasteiger partial charge in [0, 0.05) is 0 Å². The molecule has 0 bridgehead atoms. The van der Waals surface area contributed by atoms with Crippen LogP contribution < -0.4 is 0 Å². The average molecular weight is 334 g/mol. The van der Waals surface area contributed by atoms with E-state index in [1.54, 1.807) is 4.68 Å². The van der Waals surface area contributed by atoms with Gasteiger partial charge in [-0.15, -0.1) is 5.10 Å². The zero-order chi connectivity index (χ0) is 16.9. The molecule has 1 saturated heterocycles. The first-order valence-electron chi connectivity index (χ1n) is 7.73. The smallest absolute Gasteiger partial charge is 0.293 e. The van der Waals surface area contributed by atoms with Gasteiger partial charge in [-0.05, 0) is 18.1 Å². The van der Waals surface area contributed by atoms with E-state index in [0.717, 1.165) is 16.0 Å². The molecule has 3 heterocycles. The zero-order valence-corrected chi connectivity index (χ0v) is 13.1. The van der Waals surface area contributed by atoms with Crippen LogP contribution in [0.4, 0.5) is 8.78 Å². The van der Waals surface area contributed by atoms with Crippen molar-refractivity contribution >= 4 is 5.91 Å². The van der Waals surface area contributed by atoms with Gasteiger partial charge in [0.15, 0.2) is 5.82 Å². The Bertz CT molecular complexity index is 797. The maximum Gasteiger partial charge on any atom is 0.293 e. The van der Waals surface area contributed by atoms with E-state index in [0.29, 0.717) is 19.0 Å². The van der Waals surface area contributed by atoms with Crippen molar-refractivity contribution in [2.24, 2.45) is 0 Å². The third-order valence-electron chi connectivity index (χ3n) is 4.32. The van der Waals surface area contributed by atoms with Gasteiger partial charge in [0.05, 0.1) is 26.2 Å². The molecule has 6 nitrogen and oxygen atoms in total. The molecule has 8 heteroatoms. The van der Waals surface area contributed by atoms with Gasteiger partial charge in [-0.3, -0.25) is 4.79 Å². The quantitative estimate of drug-likeness (QED) is 0.840. The van der Waals surface area contributed by atoms with Crippen molar-refractivity contribution in [3.63, 3.8) is 0 Å². The van der Waals surface area contributed by atoms with E-state index in [4.69, 9.17) is 4.74 Å². The van der Waals surface area contributed by atoms with Crippen LogP contribution in [0.1, 0.15) is 33.7 Å². The number of carbonyl (C=O) groups is 1. The Balaban J connectivity index is 1.64. The Morgan fingerprint density at radius 2 is 2.08 bits per heavy atom. The molecule has 0 radical (unpaired) electrons. The van der Waals surface area contributed by atoms with Crippen molar-refractivity contribution in [1.29, 1.82) is 0 Å². The van der Waals surface area contributed by atoms with Crippen molar-refractivity contribution in [3.8, 4) is 0 Å². The molecule has 4 rings (SSSR count). The summed E-state index contributed by atoms with van der Waals surface area (Å²) in [4.78, 5) is 17.6. The number of rotatable bonds is 2. The summed E-state index contributed by atoms with van der Waals surface area (Å²) in [7, 11) is 0. The minimum Gasteiger partial charge on any atom is -0.364 e. The fourth-order valence-corrected chi connectivity index (χ4v) is 3.04. The Kier molecular flexibility index (Phi) is 3.38. The van der Waals surface area contributed by atoms with Gasteiger partial charge >= 0.3 is 0 Å². The summed E-state index contributed by atoms with van der Waals surface area (Å²) in [6.45, 7) is 1.75. The predicted octanol–water partition coefficient (Wildman–Crippen LogP) is 1.80. The van der Waals surface area contributed by atoms with Crippen molar-refractivity contribution in [1.82, 2.24) is 19.7 Å². The van der Waals surface area contributed by atoms with Crippen molar-refractivity contribution in [2.75, 3.05) is 19.7 Å². The molecular formula is C16H16F2N4O2. The molecule has 1 aromatic carbocycles. The Morgan fingerprint density at radius 3 is 2.79 bits per heavy atom. The fraction of sp³-hybridized carbons (Fsp3) is 0.438. The second-order valence-electron chi connectivity index (χ2n) is 6.14. The lowest BCUT2D eigenvalue weighted by Gasteiger charge is -2.37. The topological polar surface area (TPSA) is 60.3 Å². The SMILES string of the molecule is Cc1ccccc1C1OCCn2nc(C(=O)N3CC(F)(F)C3)nc21. The van der Waals surface area contributed by atoms with Crippen molar-refractivity contribution in [2.45, 2.75) is 25.5 Å². The molecule has 2 aliphatic rings. The van der Waals surface area contributed by atoms with Gasteiger partial charge in [0.2, 0.25) is 5.82 Å². The summed E-state index contributed by atoms with van der Waals surface area (Å²) in [6, 6.07) is 7.77. The lowest BCUT2D eigenvalue weighted by molar-refractivity contribution is -0.113.